The van der Waals surface area contributed by atoms with Gasteiger partial charge in [-0.3, -0.25) is 4.79 Å². The number of hydrogen-bond donors (Lipinski definition) is 1. The Morgan fingerprint density at radius 1 is 1.28 bits per heavy atom. The highest BCUT2D eigenvalue weighted by Gasteiger charge is 2.22. The van der Waals surface area contributed by atoms with Crippen molar-refractivity contribution in [2.75, 3.05) is 26.7 Å². The van der Waals surface area contributed by atoms with E-state index >= 15 is 0 Å². The molecule has 1 amide bonds. The van der Waals surface area contributed by atoms with Crippen LogP contribution in [0.5, 0.6) is 0 Å². The number of carbonyl (C=O) groups excluding carboxylic acids is 1. The van der Waals surface area contributed by atoms with Gasteiger partial charge < -0.3 is 10.2 Å². The molecular weight excluding hydrogens is 312 g/mol. The minimum Gasteiger partial charge on any atom is -0.350 e. The van der Waals surface area contributed by atoms with Crippen molar-refractivity contribution in [1.82, 2.24) is 20.2 Å². The molecule has 0 bridgehead atoms. The van der Waals surface area contributed by atoms with Gasteiger partial charge in [0.05, 0.1) is 0 Å². The molecule has 0 spiro atoms. The summed E-state index contributed by atoms with van der Waals surface area (Å²) in [7, 11) is 2.14. The van der Waals surface area contributed by atoms with E-state index in [0.29, 0.717) is 24.0 Å². The summed E-state index contributed by atoms with van der Waals surface area (Å²) in [4.78, 5) is 23.7. The fourth-order valence-corrected chi connectivity index (χ4v) is 3.38. The first-order valence-electron chi connectivity index (χ1n) is 8.98. The van der Waals surface area contributed by atoms with Crippen LogP contribution >= 0.6 is 0 Å². The standard InChI is InChI=1S/C20H26N4O/c1-15-22-18(17-9-6-12-24(2)14-17)13-19(23-15)20(25)21-11-10-16-7-4-3-5-8-16/h3-5,7-8,13,17H,6,9-12,14H2,1-2H3,(H,21,25)/t17-/m0/s1. The average Bonchev–Trinajstić information content (AvgIpc) is 2.62. The lowest BCUT2D eigenvalue weighted by Gasteiger charge is -2.29. The van der Waals surface area contributed by atoms with Gasteiger partial charge in [-0.15, -0.1) is 0 Å². The van der Waals surface area contributed by atoms with Gasteiger partial charge in [-0.2, -0.15) is 0 Å². The molecule has 0 unspecified atom stereocenters. The molecule has 0 radical (unpaired) electrons. The molecule has 1 atom stereocenters. The number of benzene rings is 1. The Hall–Kier alpha value is -2.27. The lowest BCUT2D eigenvalue weighted by molar-refractivity contribution is 0.0948. The van der Waals surface area contributed by atoms with Crippen LogP contribution < -0.4 is 5.32 Å². The van der Waals surface area contributed by atoms with Crippen LogP contribution in [0.4, 0.5) is 0 Å². The van der Waals surface area contributed by atoms with Gasteiger partial charge in [-0.05, 0) is 51.4 Å². The maximum Gasteiger partial charge on any atom is 0.270 e. The molecule has 1 N–H and O–H groups in total. The summed E-state index contributed by atoms with van der Waals surface area (Å²) < 4.78 is 0. The molecule has 1 aromatic carbocycles. The van der Waals surface area contributed by atoms with Crippen LogP contribution in [0.2, 0.25) is 0 Å². The van der Waals surface area contributed by atoms with Crippen LogP contribution in [0, 0.1) is 6.92 Å². The second-order valence-corrected chi connectivity index (χ2v) is 6.82. The predicted molar refractivity (Wildman–Crippen MR) is 98.7 cm³/mol. The first-order valence-corrected chi connectivity index (χ1v) is 8.98. The number of carbonyl (C=O) groups is 1. The van der Waals surface area contributed by atoms with E-state index in [4.69, 9.17) is 0 Å². The van der Waals surface area contributed by atoms with Crippen molar-refractivity contribution >= 4 is 5.91 Å². The van der Waals surface area contributed by atoms with Crippen LogP contribution in [-0.2, 0) is 6.42 Å². The van der Waals surface area contributed by atoms with Crippen LogP contribution in [-0.4, -0.2) is 47.5 Å². The van der Waals surface area contributed by atoms with E-state index < -0.39 is 0 Å². The lowest BCUT2D eigenvalue weighted by Crippen LogP contribution is -2.32. The molecule has 0 saturated carbocycles. The molecule has 1 aliphatic rings. The molecule has 3 rings (SSSR count). The van der Waals surface area contributed by atoms with Gasteiger partial charge >= 0.3 is 0 Å². The maximum atomic E-state index is 12.5. The first kappa shape index (κ1) is 17.5. The summed E-state index contributed by atoms with van der Waals surface area (Å²) in [5.74, 6) is 0.932. The summed E-state index contributed by atoms with van der Waals surface area (Å²) in [6.07, 6.45) is 3.11. The zero-order valence-electron chi connectivity index (χ0n) is 15.0. The van der Waals surface area contributed by atoms with Gasteiger partial charge in [0.25, 0.3) is 5.91 Å². The van der Waals surface area contributed by atoms with E-state index in [-0.39, 0.29) is 5.91 Å². The number of nitrogens with zero attached hydrogens (tertiary/aromatic N) is 3. The largest absolute Gasteiger partial charge is 0.350 e. The number of hydrogen-bond acceptors (Lipinski definition) is 4. The van der Waals surface area contributed by atoms with Crippen molar-refractivity contribution in [2.45, 2.75) is 32.1 Å². The highest BCUT2D eigenvalue weighted by molar-refractivity contribution is 5.92. The first-order chi connectivity index (χ1) is 12.1. The van der Waals surface area contributed by atoms with Crippen LogP contribution in [0.3, 0.4) is 0 Å². The van der Waals surface area contributed by atoms with Crippen LogP contribution in [0.25, 0.3) is 0 Å². The van der Waals surface area contributed by atoms with Crippen molar-refractivity contribution in [1.29, 1.82) is 0 Å². The molecule has 5 heteroatoms. The highest BCUT2D eigenvalue weighted by Crippen LogP contribution is 2.25. The van der Waals surface area contributed by atoms with E-state index in [2.05, 4.69) is 39.4 Å². The molecule has 2 aromatic rings. The van der Waals surface area contributed by atoms with Gasteiger partial charge in [0, 0.05) is 24.7 Å². The smallest absolute Gasteiger partial charge is 0.270 e. The number of nitrogens with one attached hydrogen (secondary N) is 1. The molecule has 1 fully saturated rings. The van der Waals surface area contributed by atoms with Crippen molar-refractivity contribution in [3.63, 3.8) is 0 Å². The summed E-state index contributed by atoms with van der Waals surface area (Å²) in [6.45, 7) is 4.59. The number of rotatable bonds is 5. The molecule has 1 aromatic heterocycles. The normalized spacial score (nSPS) is 18.1. The number of likely N-dealkylation sites (N-methyl/N-ethyl adjacent to an activating group) is 1. The topological polar surface area (TPSA) is 58.1 Å². The summed E-state index contributed by atoms with van der Waals surface area (Å²) in [6, 6.07) is 12.0. The molecule has 5 nitrogen and oxygen atoms in total. The van der Waals surface area contributed by atoms with Gasteiger partial charge in [0.15, 0.2) is 0 Å². The number of aryl methyl sites for hydroxylation is 1. The fraction of sp³-hybridized carbons (Fsp3) is 0.450. The number of aromatic nitrogens is 2. The Balaban J connectivity index is 1.63. The Labute approximate surface area is 149 Å². The molecule has 2 heterocycles. The molecule has 1 aliphatic heterocycles. The molecule has 25 heavy (non-hydrogen) atoms. The number of likely N-dealkylation sites (tertiary alicyclic amines) is 1. The zero-order valence-corrected chi connectivity index (χ0v) is 15.0. The molecular formula is C20H26N4O. The van der Waals surface area contributed by atoms with E-state index in [1.165, 1.54) is 12.0 Å². The second-order valence-electron chi connectivity index (χ2n) is 6.82. The molecule has 0 aliphatic carbocycles. The van der Waals surface area contributed by atoms with Gasteiger partial charge in [0.2, 0.25) is 0 Å². The molecule has 1 saturated heterocycles. The van der Waals surface area contributed by atoms with E-state index in [9.17, 15) is 4.79 Å². The van der Waals surface area contributed by atoms with Gasteiger partial charge in [-0.1, -0.05) is 30.3 Å². The van der Waals surface area contributed by atoms with Crippen molar-refractivity contribution in [2.24, 2.45) is 0 Å². The quantitative estimate of drug-likeness (QED) is 0.910. The van der Waals surface area contributed by atoms with Crippen LogP contribution in [0.15, 0.2) is 36.4 Å². The number of piperidine rings is 1. The van der Waals surface area contributed by atoms with Crippen LogP contribution in [0.1, 0.15) is 46.3 Å². The monoisotopic (exact) mass is 338 g/mol. The zero-order chi connectivity index (χ0) is 17.6. The lowest BCUT2D eigenvalue weighted by atomic mass is 9.94. The Kier molecular flexibility index (Phi) is 5.76. The third-order valence-corrected chi connectivity index (χ3v) is 4.68. The summed E-state index contributed by atoms with van der Waals surface area (Å²) in [5.41, 5.74) is 2.68. The van der Waals surface area contributed by atoms with E-state index in [0.717, 1.165) is 31.6 Å². The SMILES string of the molecule is Cc1nc(C(=O)NCCc2ccccc2)cc([C@H]2CCCN(C)C2)n1. The summed E-state index contributed by atoms with van der Waals surface area (Å²) in [5, 5.41) is 2.97. The van der Waals surface area contributed by atoms with Gasteiger partial charge in [-0.25, -0.2) is 9.97 Å². The van der Waals surface area contributed by atoms with Crippen molar-refractivity contribution in [3.8, 4) is 0 Å². The Morgan fingerprint density at radius 2 is 2.08 bits per heavy atom. The third kappa shape index (κ3) is 4.86. The Bertz CT molecular complexity index is 717. The maximum absolute atomic E-state index is 12.5. The Morgan fingerprint density at radius 3 is 2.84 bits per heavy atom. The predicted octanol–water partition coefficient (Wildman–Crippen LogP) is 2.57. The number of amides is 1. The van der Waals surface area contributed by atoms with Crippen molar-refractivity contribution < 1.29 is 4.79 Å². The third-order valence-electron chi connectivity index (χ3n) is 4.68. The van der Waals surface area contributed by atoms with Gasteiger partial charge in [0.1, 0.15) is 11.5 Å². The van der Waals surface area contributed by atoms with Crippen molar-refractivity contribution in [3.05, 3.63) is 59.2 Å². The minimum absolute atomic E-state index is 0.119. The minimum atomic E-state index is -0.119. The molecule has 132 valence electrons. The fourth-order valence-electron chi connectivity index (χ4n) is 3.38. The van der Waals surface area contributed by atoms with E-state index in [1.807, 2.05) is 31.2 Å². The summed E-state index contributed by atoms with van der Waals surface area (Å²) >= 11 is 0. The average molecular weight is 338 g/mol. The highest BCUT2D eigenvalue weighted by atomic mass is 16.1. The second kappa shape index (κ2) is 8.21. The van der Waals surface area contributed by atoms with E-state index in [1.54, 1.807) is 0 Å².